The van der Waals surface area contributed by atoms with Crippen LogP contribution < -0.4 is 0 Å². The number of carbonyl (C=O) groups is 1. The Morgan fingerprint density at radius 3 is 2.20 bits per heavy atom. The van der Waals surface area contributed by atoms with Crippen molar-refractivity contribution in [2.45, 2.75) is 98.3 Å². The zero-order valence-electron chi connectivity index (χ0n) is 19.3. The number of aromatic hydroxyl groups is 2. The van der Waals surface area contributed by atoms with Crippen LogP contribution in [0.15, 0.2) is 29.4 Å². The number of aromatic carboxylic acids is 1. The highest BCUT2D eigenvalue weighted by atomic mass is 16.4. The molecule has 0 unspecified atom stereocenters. The Bertz CT molecular complexity index is 740. The molecule has 0 aliphatic rings. The van der Waals surface area contributed by atoms with Crippen LogP contribution in [-0.2, 0) is 12.8 Å². The number of carboxylic acids is 1. The summed E-state index contributed by atoms with van der Waals surface area (Å²) in [5, 5.41) is 30.7. The Morgan fingerprint density at radius 2 is 1.60 bits per heavy atom. The fourth-order valence-corrected chi connectivity index (χ4v) is 3.63. The van der Waals surface area contributed by atoms with E-state index in [1.807, 2.05) is 13.0 Å². The number of carboxylic acid groups (broad SMARTS) is 1. The van der Waals surface area contributed by atoms with Gasteiger partial charge in [0, 0.05) is 5.56 Å². The molecule has 30 heavy (non-hydrogen) atoms. The lowest BCUT2D eigenvalue weighted by molar-refractivity contribution is 0.0692. The number of allylic oxidation sites excluding steroid dienone is 4. The fraction of sp³-hybridized carbons (Fsp3) is 0.577. The molecular formula is C26H40O4. The largest absolute Gasteiger partial charge is 0.508 e. The molecule has 0 aromatic heterocycles. The molecule has 0 aliphatic heterocycles. The van der Waals surface area contributed by atoms with Crippen molar-refractivity contribution in [1.82, 2.24) is 0 Å². The highest BCUT2D eigenvalue weighted by molar-refractivity contribution is 5.93. The Hall–Kier alpha value is -2.23. The number of benzene rings is 1. The van der Waals surface area contributed by atoms with E-state index in [0.717, 1.165) is 37.7 Å². The highest BCUT2D eigenvalue weighted by Crippen LogP contribution is 2.35. The molecule has 0 atom stereocenters. The molecule has 0 fully saturated rings. The van der Waals surface area contributed by atoms with Gasteiger partial charge in [-0.15, -0.1) is 0 Å². The number of hydrogen-bond acceptors (Lipinski definition) is 3. The van der Waals surface area contributed by atoms with Gasteiger partial charge in [0.05, 0.1) is 0 Å². The van der Waals surface area contributed by atoms with Crippen LogP contribution in [0.2, 0.25) is 0 Å². The molecule has 0 spiro atoms. The van der Waals surface area contributed by atoms with Gasteiger partial charge in [-0.25, -0.2) is 4.79 Å². The van der Waals surface area contributed by atoms with E-state index in [0.29, 0.717) is 18.4 Å². The molecule has 3 N–H and O–H groups in total. The monoisotopic (exact) mass is 416 g/mol. The topological polar surface area (TPSA) is 77.8 Å². The molecule has 0 bridgehead atoms. The lowest BCUT2D eigenvalue weighted by Gasteiger charge is -2.14. The van der Waals surface area contributed by atoms with Crippen LogP contribution in [0.1, 0.15) is 107 Å². The smallest absolute Gasteiger partial charge is 0.339 e. The van der Waals surface area contributed by atoms with Crippen molar-refractivity contribution < 1.29 is 20.1 Å². The first-order chi connectivity index (χ1) is 14.3. The van der Waals surface area contributed by atoms with Crippen LogP contribution in [0, 0.1) is 0 Å². The number of phenolic OH excluding ortho intramolecular Hbond substituents is 1. The third-order valence-electron chi connectivity index (χ3n) is 5.47. The molecule has 0 radical (unpaired) electrons. The molecule has 1 rings (SSSR count). The maximum atomic E-state index is 11.8. The summed E-state index contributed by atoms with van der Waals surface area (Å²) in [4.78, 5) is 11.8. The summed E-state index contributed by atoms with van der Waals surface area (Å²) in [6, 6.07) is 1.53. The molecular weight excluding hydrogens is 376 g/mol. The third kappa shape index (κ3) is 9.06. The van der Waals surface area contributed by atoms with Crippen molar-refractivity contribution in [1.29, 1.82) is 0 Å². The first-order valence-electron chi connectivity index (χ1n) is 11.4. The normalized spacial score (nSPS) is 11.5. The number of rotatable bonds is 14. The molecule has 0 aliphatic carbocycles. The van der Waals surface area contributed by atoms with Crippen molar-refractivity contribution in [3.05, 3.63) is 46.1 Å². The quantitative estimate of drug-likeness (QED) is 0.219. The summed E-state index contributed by atoms with van der Waals surface area (Å²) in [5.41, 5.74) is 3.16. The summed E-state index contributed by atoms with van der Waals surface area (Å²) in [6.45, 7) is 8.34. The lowest BCUT2D eigenvalue weighted by atomic mass is 9.94. The Kier molecular flexibility index (Phi) is 12.0. The summed E-state index contributed by atoms with van der Waals surface area (Å²) in [5.74, 6) is -1.46. The summed E-state index contributed by atoms with van der Waals surface area (Å²) in [7, 11) is 0. The van der Waals surface area contributed by atoms with Gasteiger partial charge in [0.2, 0.25) is 0 Å². The highest BCUT2D eigenvalue weighted by Gasteiger charge is 2.21. The van der Waals surface area contributed by atoms with Gasteiger partial charge in [-0.3, -0.25) is 0 Å². The number of unbranched alkanes of at least 4 members (excludes halogenated alkanes) is 6. The van der Waals surface area contributed by atoms with Crippen molar-refractivity contribution >= 4 is 5.97 Å². The molecule has 0 amide bonds. The van der Waals surface area contributed by atoms with Crippen molar-refractivity contribution in [3.63, 3.8) is 0 Å². The van der Waals surface area contributed by atoms with Gasteiger partial charge in [0.25, 0.3) is 0 Å². The number of hydrogen-bond donors (Lipinski definition) is 3. The van der Waals surface area contributed by atoms with Gasteiger partial charge in [-0.1, -0.05) is 68.7 Å². The summed E-state index contributed by atoms with van der Waals surface area (Å²) >= 11 is 0. The average molecular weight is 417 g/mol. The van der Waals surface area contributed by atoms with Crippen LogP contribution in [0.4, 0.5) is 0 Å². The van der Waals surface area contributed by atoms with Gasteiger partial charge < -0.3 is 15.3 Å². The van der Waals surface area contributed by atoms with E-state index < -0.39 is 5.97 Å². The minimum absolute atomic E-state index is 0.0243. The standard InChI is InChI=1S/C26H40O4/c1-5-6-7-8-9-10-11-15-21-18-23(27)22(25(28)24(21)26(29)30)17-16-20(4)14-12-13-19(2)3/h13,16,18,27-28H,5-12,14-15,17H2,1-4H3,(H,29,30)/b20-16+. The Labute approximate surface area is 182 Å². The van der Waals surface area contributed by atoms with Crippen molar-refractivity contribution in [2.75, 3.05) is 0 Å². The van der Waals surface area contributed by atoms with Crippen LogP contribution >= 0.6 is 0 Å². The Balaban J connectivity index is 2.83. The molecule has 1 aromatic rings. The molecule has 4 heteroatoms. The minimum Gasteiger partial charge on any atom is -0.508 e. The van der Waals surface area contributed by atoms with Crippen LogP contribution in [0.3, 0.4) is 0 Å². The lowest BCUT2D eigenvalue weighted by Crippen LogP contribution is -2.06. The van der Waals surface area contributed by atoms with Gasteiger partial charge in [0.1, 0.15) is 17.1 Å². The second kappa shape index (κ2) is 13.9. The molecule has 0 saturated heterocycles. The second-order valence-electron chi connectivity index (χ2n) is 8.51. The molecule has 1 aromatic carbocycles. The summed E-state index contributed by atoms with van der Waals surface area (Å²) < 4.78 is 0. The zero-order valence-corrected chi connectivity index (χ0v) is 19.3. The minimum atomic E-state index is -1.14. The van der Waals surface area contributed by atoms with E-state index in [9.17, 15) is 20.1 Å². The SMILES string of the molecule is CCCCCCCCCc1cc(O)c(C/C=C(\C)CCC=C(C)C)c(O)c1C(=O)O. The maximum Gasteiger partial charge on any atom is 0.339 e. The predicted octanol–water partition coefficient (Wildman–Crippen LogP) is 7.32. The molecule has 0 heterocycles. The molecule has 4 nitrogen and oxygen atoms in total. The van der Waals surface area contributed by atoms with Gasteiger partial charge in [0.15, 0.2) is 0 Å². The second-order valence-corrected chi connectivity index (χ2v) is 8.51. The fourth-order valence-electron chi connectivity index (χ4n) is 3.63. The van der Waals surface area contributed by atoms with Crippen LogP contribution in [-0.4, -0.2) is 21.3 Å². The van der Waals surface area contributed by atoms with Gasteiger partial charge in [-0.2, -0.15) is 0 Å². The Morgan fingerprint density at radius 1 is 0.967 bits per heavy atom. The molecule has 0 saturated carbocycles. The first kappa shape index (κ1) is 25.8. The molecule has 168 valence electrons. The predicted molar refractivity (Wildman–Crippen MR) is 125 cm³/mol. The maximum absolute atomic E-state index is 11.8. The summed E-state index contributed by atoms with van der Waals surface area (Å²) in [6.07, 6.45) is 14.8. The van der Waals surface area contributed by atoms with Gasteiger partial charge >= 0.3 is 5.97 Å². The first-order valence-corrected chi connectivity index (χ1v) is 11.4. The average Bonchev–Trinajstić information content (AvgIpc) is 2.66. The number of phenols is 2. The number of aryl methyl sites for hydroxylation is 1. The zero-order chi connectivity index (χ0) is 22.5. The third-order valence-corrected chi connectivity index (χ3v) is 5.47. The van der Waals surface area contributed by atoms with Crippen LogP contribution in [0.5, 0.6) is 11.5 Å². The van der Waals surface area contributed by atoms with E-state index in [2.05, 4.69) is 26.8 Å². The van der Waals surface area contributed by atoms with E-state index in [1.165, 1.54) is 37.3 Å². The van der Waals surface area contributed by atoms with E-state index in [1.54, 1.807) is 0 Å². The van der Waals surface area contributed by atoms with E-state index >= 15 is 0 Å². The van der Waals surface area contributed by atoms with Crippen molar-refractivity contribution in [2.24, 2.45) is 0 Å². The van der Waals surface area contributed by atoms with Crippen LogP contribution in [0.25, 0.3) is 0 Å². The van der Waals surface area contributed by atoms with E-state index in [4.69, 9.17) is 0 Å². The van der Waals surface area contributed by atoms with E-state index in [-0.39, 0.29) is 22.6 Å². The van der Waals surface area contributed by atoms with Gasteiger partial charge in [-0.05, 0) is 64.5 Å². The van der Waals surface area contributed by atoms with Crippen molar-refractivity contribution in [3.8, 4) is 11.5 Å².